The lowest BCUT2D eigenvalue weighted by Gasteiger charge is -2.35. The summed E-state index contributed by atoms with van der Waals surface area (Å²) in [7, 11) is 0. The van der Waals surface area contributed by atoms with Crippen molar-refractivity contribution in [2.24, 2.45) is 0 Å². The van der Waals surface area contributed by atoms with E-state index in [0.717, 1.165) is 60.8 Å². The van der Waals surface area contributed by atoms with E-state index in [2.05, 4.69) is 0 Å². The van der Waals surface area contributed by atoms with Crippen molar-refractivity contribution in [2.45, 2.75) is 89.3 Å². The van der Waals surface area contributed by atoms with Gasteiger partial charge in [-0.1, -0.05) is 86.1 Å². The number of carbonyl (C=O) groups is 1. The van der Waals surface area contributed by atoms with Crippen LogP contribution in [-0.2, 0) is 11.2 Å². The Bertz CT molecular complexity index is 856. The predicted octanol–water partition coefficient (Wildman–Crippen LogP) is 5.84. The standard InChI is InChI=1S/C27H34O3/c1-19-9-11-21(23(17-19)26(29)13-5-3-6-14-26)25(28)22-12-10-20(2)18-24(22)27(30)15-7-4-8-16-27/h9-12,17-18,29-30H,3-8,13-16H2,1-2H3. The van der Waals surface area contributed by atoms with Crippen LogP contribution in [0.25, 0.3) is 0 Å². The molecule has 0 aromatic heterocycles. The van der Waals surface area contributed by atoms with E-state index in [1.165, 1.54) is 0 Å². The Morgan fingerprint density at radius 2 is 1.03 bits per heavy atom. The molecule has 0 heterocycles. The SMILES string of the molecule is Cc1ccc(C(=O)c2ccc(C)cc2C2(O)CCCCC2)c(C2(O)CCCCC2)c1. The van der Waals surface area contributed by atoms with E-state index in [4.69, 9.17) is 0 Å². The predicted molar refractivity (Wildman–Crippen MR) is 120 cm³/mol. The molecule has 0 spiro atoms. The average molecular weight is 407 g/mol. The first-order chi connectivity index (χ1) is 14.3. The van der Waals surface area contributed by atoms with Crippen LogP contribution in [0.5, 0.6) is 0 Å². The lowest BCUT2D eigenvalue weighted by molar-refractivity contribution is -0.00193. The van der Waals surface area contributed by atoms with Crippen molar-refractivity contribution in [1.82, 2.24) is 0 Å². The molecule has 3 nitrogen and oxygen atoms in total. The quantitative estimate of drug-likeness (QED) is 0.627. The van der Waals surface area contributed by atoms with Crippen LogP contribution in [0, 0.1) is 13.8 Å². The molecule has 0 aliphatic heterocycles. The van der Waals surface area contributed by atoms with Crippen molar-refractivity contribution in [3.63, 3.8) is 0 Å². The minimum absolute atomic E-state index is 0.0852. The zero-order valence-corrected chi connectivity index (χ0v) is 18.3. The molecular weight excluding hydrogens is 372 g/mol. The maximum absolute atomic E-state index is 13.9. The highest BCUT2D eigenvalue weighted by molar-refractivity contribution is 6.11. The molecule has 0 unspecified atom stereocenters. The van der Waals surface area contributed by atoms with Gasteiger partial charge in [-0.3, -0.25) is 4.79 Å². The molecule has 2 aromatic rings. The Hall–Kier alpha value is -1.97. The van der Waals surface area contributed by atoms with Crippen molar-refractivity contribution >= 4 is 5.78 Å². The second kappa shape index (κ2) is 8.28. The van der Waals surface area contributed by atoms with Gasteiger partial charge in [0.2, 0.25) is 0 Å². The van der Waals surface area contributed by atoms with Crippen molar-refractivity contribution in [3.05, 3.63) is 69.8 Å². The highest BCUT2D eigenvalue weighted by Crippen LogP contribution is 2.42. The summed E-state index contributed by atoms with van der Waals surface area (Å²) in [5.41, 5.74) is 2.89. The van der Waals surface area contributed by atoms with Crippen LogP contribution in [0.1, 0.15) is 102 Å². The number of aryl methyl sites for hydroxylation is 2. The lowest BCUT2D eigenvalue weighted by atomic mass is 9.74. The highest BCUT2D eigenvalue weighted by atomic mass is 16.3. The topological polar surface area (TPSA) is 57.5 Å². The van der Waals surface area contributed by atoms with E-state index in [0.29, 0.717) is 36.8 Å². The molecule has 0 atom stereocenters. The average Bonchev–Trinajstić information content (AvgIpc) is 2.74. The largest absolute Gasteiger partial charge is 0.385 e. The first-order valence-electron chi connectivity index (χ1n) is 11.5. The van der Waals surface area contributed by atoms with E-state index in [-0.39, 0.29) is 5.78 Å². The molecule has 4 rings (SSSR count). The van der Waals surface area contributed by atoms with Crippen molar-refractivity contribution in [3.8, 4) is 0 Å². The second-order valence-corrected chi connectivity index (χ2v) is 9.61. The van der Waals surface area contributed by atoms with Gasteiger partial charge >= 0.3 is 0 Å². The summed E-state index contributed by atoms with van der Waals surface area (Å²) in [4.78, 5) is 13.9. The molecule has 0 amide bonds. The molecule has 30 heavy (non-hydrogen) atoms. The molecule has 2 fully saturated rings. The molecule has 3 heteroatoms. The first kappa shape index (κ1) is 21.3. The Morgan fingerprint density at radius 1 is 0.667 bits per heavy atom. The molecular formula is C27H34O3. The number of ketones is 1. The van der Waals surface area contributed by atoms with Crippen LogP contribution in [-0.4, -0.2) is 16.0 Å². The summed E-state index contributed by atoms with van der Waals surface area (Å²) in [6.07, 6.45) is 8.97. The van der Waals surface area contributed by atoms with Crippen LogP contribution in [0.15, 0.2) is 36.4 Å². The van der Waals surface area contributed by atoms with Crippen LogP contribution < -0.4 is 0 Å². The highest BCUT2D eigenvalue weighted by Gasteiger charge is 2.38. The van der Waals surface area contributed by atoms with E-state index in [1.807, 2.05) is 50.2 Å². The van der Waals surface area contributed by atoms with Crippen LogP contribution >= 0.6 is 0 Å². The van der Waals surface area contributed by atoms with Gasteiger partial charge in [0.25, 0.3) is 0 Å². The van der Waals surface area contributed by atoms with Gasteiger partial charge in [0.1, 0.15) is 0 Å². The van der Waals surface area contributed by atoms with Crippen molar-refractivity contribution in [1.29, 1.82) is 0 Å². The second-order valence-electron chi connectivity index (χ2n) is 9.61. The van der Waals surface area contributed by atoms with Gasteiger partial charge in [0.05, 0.1) is 11.2 Å². The fraction of sp³-hybridized carbons (Fsp3) is 0.519. The van der Waals surface area contributed by atoms with E-state index >= 15 is 0 Å². The van der Waals surface area contributed by atoms with Gasteiger partial charge in [-0.15, -0.1) is 0 Å². The third-order valence-corrected chi connectivity index (χ3v) is 7.20. The summed E-state index contributed by atoms with van der Waals surface area (Å²) in [6, 6.07) is 11.6. The van der Waals surface area contributed by atoms with Crippen molar-refractivity contribution < 1.29 is 15.0 Å². The summed E-state index contributed by atoms with van der Waals surface area (Å²) >= 11 is 0. The molecule has 0 bridgehead atoms. The molecule has 2 aliphatic carbocycles. The third-order valence-electron chi connectivity index (χ3n) is 7.20. The minimum atomic E-state index is -0.943. The number of aliphatic hydroxyl groups is 2. The van der Waals surface area contributed by atoms with E-state index in [9.17, 15) is 15.0 Å². The zero-order valence-electron chi connectivity index (χ0n) is 18.3. The van der Waals surface area contributed by atoms with E-state index in [1.54, 1.807) is 0 Å². The summed E-state index contributed by atoms with van der Waals surface area (Å²) < 4.78 is 0. The Kier molecular flexibility index (Phi) is 5.87. The number of hydrogen-bond acceptors (Lipinski definition) is 3. The third kappa shape index (κ3) is 3.98. The summed E-state index contributed by atoms with van der Waals surface area (Å²) in [5, 5.41) is 22.9. The molecule has 160 valence electrons. The molecule has 0 saturated heterocycles. The monoisotopic (exact) mass is 406 g/mol. The van der Waals surface area contributed by atoms with Gasteiger partial charge in [-0.2, -0.15) is 0 Å². The van der Waals surface area contributed by atoms with Crippen LogP contribution in [0.2, 0.25) is 0 Å². The summed E-state index contributed by atoms with van der Waals surface area (Å²) in [6.45, 7) is 4.01. The van der Waals surface area contributed by atoms with Gasteiger partial charge in [0.15, 0.2) is 5.78 Å². The van der Waals surface area contributed by atoms with Gasteiger partial charge < -0.3 is 10.2 Å². The molecule has 2 N–H and O–H groups in total. The van der Waals surface area contributed by atoms with Gasteiger partial charge in [0, 0.05) is 11.1 Å². The number of rotatable bonds is 4. The minimum Gasteiger partial charge on any atom is -0.385 e. The lowest BCUT2D eigenvalue weighted by Crippen LogP contribution is -2.33. The smallest absolute Gasteiger partial charge is 0.193 e. The normalized spacial score (nSPS) is 20.7. The number of carbonyl (C=O) groups excluding carboxylic acids is 1. The van der Waals surface area contributed by atoms with Gasteiger partial charge in [-0.25, -0.2) is 0 Å². The fourth-order valence-electron chi connectivity index (χ4n) is 5.44. The Morgan fingerprint density at radius 3 is 1.40 bits per heavy atom. The van der Waals surface area contributed by atoms with Crippen molar-refractivity contribution in [2.75, 3.05) is 0 Å². The van der Waals surface area contributed by atoms with Crippen LogP contribution in [0.4, 0.5) is 0 Å². The molecule has 2 saturated carbocycles. The van der Waals surface area contributed by atoms with Gasteiger partial charge in [-0.05, 0) is 50.7 Å². The number of hydrogen-bond donors (Lipinski definition) is 2. The van der Waals surface area contributed by atoms with Crippen LogP contribution in [0.3, 0.4) is 0 Å². The molecule has 2 aromatic carbocycles. The summed E-state index contributed by atoms with van der Waals surface area (Å²) in [5.74, 6) is -0.0852. The Labute approximate surface area is 180 Å². The maximum Gasteiger partial charge on any atom is 0.193 e. The molecule has 2 aliphatic rings. The fourth-order valence-corrected chi connectivity index (χ4v) is 5.44. The zero-order chi connectivity index (χ0) is 21.4. The first-order valence-corrected chi connectivity index (χ1v) is 11.5. The Balaban J connectivity index is 1.81. The number of benzene rings is 2. The maximum atomic E-state index is 13.9. The van der Waals surface area contributed by atoms with E-state index < -0.39 is 11.2 Å². The molecule has 0 radical (unpaired) electrons.